The highest BCUT2D eigenvalue weighted by Crippen LogP contribution is 2.17. The minimum absolute atomic E-state index is 0. The van der Waals surface area contributed by atoms with Crippen molar-refractivity contribution < 1.29 is 4.79 Å². The number of amides is 1. The number of benzene rings is 1. The van der Waals surface area contributed by atoms with Gasteiger partial charge in [-0.2, -0.15) is 5.10 Å². The van der Waals surface area contributed by atoms with E-state index in [-0.39, 0.29) is 18.3 Å². The van der Waals surface area contributed by atoms with Crippen LogP contribution in [0, 0.1) is 0 Å². The molecular formula is C15H15ClN4O. The summed E-state index contributed by atoms with van der Waals surface area (Å²) in [6.45, 7) is 0. The molecule has 6 heteroatoms. The number of hydrogen-bond acceptors (Lipinski definition) is 4. The van der Waals surface area contributed by atoms with Crippen molar-refractivity contribution in [3.63, 3.8) is 0 Å². The molecule has 1 aromatic heterocycles. The highest BCUT2D eigenvalue weighted by molar-refractivity contribution is 6.04. The zero-order valence-corrected chi connectivity index (χ0v) is 12.1. The number of hydrogen-bond donors (Lipinski definition) is 2. The van der Waals surface area contributed by atoms with E-state index in [0.717, 1.165) is 22.8 Å². The van der Waals surface area contributed by atoms with Crippen molar-refractivity contribution in [2.24, 2.45) is 5.10 Å². The minimum atomic E-state index is -0.0258. The maximum atomic E-state index is 11.1. The van der Waals surface area contributed by atoms with Crippen LogP contribution in [0.3, 0.4) is 0 Å². The molecule has 0 radical (unpaired) electrons. The monoisotopic (exact) mass is 302 g/mol. The number of nitrogens with zero attached hydrogens (tertiary/aromatic N) is 2. The first-order valence-electron chi connectivity index (χ1n) is 6.45. The van der Waals surface area contributed by atoms with Gasteiger partial charge in [0.05, 0.1) is 5.71 Å². The average molecular weight is 303 g/mol. The molecule has 1 aliphatic rings. The molecule has 1 amide bonds. The minimum Gasteiger partial charge on any atom is -0.340 e. The first-order valence-corrected chi connectivity index (χ1v) is 6.45. The van der Waals surface area contributed by atoms with E-state index in [4.69, 9.17) is 0 Å². The van der Waals surface area contributed by atoms with Gasteiger partial charge in [0.15, 0.2) is 0 Å². The molecule has 2 aromatic rings. The summed E-state index contributed by atoms with van der Waals surface area (Å²) in [7, 11) is 0. The third kappa shape index (κ3) is 3.79. The first kappa shape index (κ1) is 15.0. The number of anilines is 2. The smallest absolute Gasteiger partial charge is 0.240 e. The maximum Gasteiger partial charge on any atom is 0.240 e. The Morgan fingerprint density at radius 1 is 1.05 bits per heavy atom. The highest BCUT2D eigenvalue weighted by Gasteiger charge is 2.12. The molecule has 5 nitrogen and oxygen atoms in total. The Hall–Kier alpha value is -2.40. The predicted molar refractivity (Wildman–Crippen MR) is 85.1 cm³/mol. The molecule has 0 aliphatic carbocycles. The lowest BCUT2D eigenvalue weighted by Crippen LogP contribution is -2.25. The van der Waals surface area contributed by atoms with E-state index in [1.165, 1.54) is 0 Å². The van der Waals surface area contributed by atoms with E-state index >= 15 is 0 Å². The van der Waals surface area contributed by atoms with E-state index in [1.807, 2.05) is 42.5 Å². The summed E-state index contributed by atoms with van der Waals surface area (Å²) < 4.78 is 0. The molecule has 0 saturated carbocycles. The first-order chi connectivity index (χ1) is 9.81. The summed E-state index contributed by atoms with van der Waals surface area (Å²) >= 11 is 0. The number of aromatic nitrogens is 1. The van der Waals surface area contributed by atoms with Crippen LogP contribution in [0.4, 0.5) is 11.5 Å². The number of rotatable bonds is 3. The molecule has 0 unspecified atom stereocenters. The molecule has 1 aromatic carbocycles. The third-order valence-corrected chi connectivity index (χ3v) is 3.06. The lowest BCUT2D eigenvalue weighted by molar-refractivity contribution is -0.121. The van der Waals surface area contributed by atoms with Gasteiger partial charge in [-0.3, -0.25) is 4.79 Å². The van der Waals surface area contributed by atoms with Crippen LogP contribution in [0.5, 0.6) is 0 Å². The van der Waals surface area contributed by atoms with Crippen LogP contribution >= 0.6 is 12.4 Å². The Bertz CT molecular complexity index is 640. The van der Waals surface area contributed by atoms with Gasteiger partial charge in [0.1, 0.15) is 5.82 Å². The van der Waals surface area contributed by atoms with Gasteiger partial charge in [-0.1, -0.05) is 18.2 Å². The summed E-state index contributed by atoms with van der Waals surface area (Å²) in [4.78, 5) is 15.3. The average Bonchev–Trinajstić information content (AvgIpc) is 2.50. The van der Waals surface area contributed by atoms with Gasteiger partial charge < -0.3 is 5.32 Å². The summed E-state index contributed by atoms with van der Waals surface area (Å²) in [5.41, 5.74) is 5.41. The van der Waals surface area contributed by atoms with Crippen molar-refractivity contribution in [2.75, 3.05) is 5.32 Å². The molecule has 2 heterocycles. The zero-order chi connectivity index (χ0) is 13.8. The second kappa shape index (κ2) is 6.85. The highest BCUT2D eigenvalue weighted by atomic mass is 35.5. The Morgan fingerprint density at radius 2 is 1.86 bits per heavy atom. The molecule has 21 heavy (non-hydrogen) atoms. The second-order valence-electron chi connectivity index (χ2n) is 4.51. The molecule has 2 N–H and O–H groups in total. The van der Waals surface area contributed by atoms with E-state index in [0.29, 0.717) is 12.8 Å². The summed E-state index contributed by atoms with van der Waals surface area (Å²) in [6, 6.07) is 13.6. The van der Waals surface area contributed by atoms with Crippen molar-refractivity contribution in [3.05, 3.63) is 54.2 Å². The standard InChI is InChI=1S/C15H14N4O.ClH/c20-15-9-8-13(18-19-15)11-4-6-12(7-5-11)17-14-3-1-2-10-16-14;/h1-7,10H,8-9H2,(H,16,17)(H,19,20);1H. The molecule has 0 saturated heterocycles. The number of carbonyl (C=O) groups is 1. The van der Waals surface area contributed by atoms with Gasteiger partial charge in [-0.05, 0) is 29.8 Å². The van der Waals surface area contributed by atoms with Gasteiger partial charge >= 0.3 is 0 Å². The Labute approximate surface area is 128 Å². The second-order valence-corrected chi connectivity index (χ2v) is 4.51. The van der Waals surface area contributed by atoms with E-state index < -0.39 is 0 Å². The van der Waals surface area contributed by atoms with Crippen LogP contribution in [-0.2, 0) is 4.79 Å². The van der Waals surface area contributed by atoms with Gasteiger partial charge in [-0.25, -0.2) is 10.4 Å². The summed E-state index contributed by atoms with van der Waals surface area (Å²) in [5.74, 6) is 0.782. The van der Waals surface area contributed by atoms with Crippen LogP contribution < -0.4 is 10.7 Å². The van der Waals surface area contributed by atoms with Crippen LogP contribution in [0.2, 0.25) is 0 Å². The largest absolute Gasteiger partial charge is 0.340 e. The molecule has 0 atom stereocenters. The molecule has 108 valence electrons. The number of pyridine rings is 1. The lowest BCUT2D eigenvalue weighted by atomic mass is 10.0. The summed E-state index contributed by atoms with van der Waals surface area (Å²) in [5, 5.41) is 7.30. The fraction of sp³-hybridized carbons (Fsp3) is 0.133. The zero-order valence-electron chi connectivity index (χ0n) is 11.2. The SMILES string of the molecule is Cl.O=C1CCC(c2ccc(Nc3ccccn3)cc2)=NN1. The summed E-state index contributed by atoms with van der Waals surface area (Å²) in [6.07, 6.45) is 2.92. The van der Waals surface area contributed by atoms with Crippen molar-refractivity contribution >= 4 is 35.5 Å². The van der Waals surface area contributed by atoms with Gasteiger partial charge in [0.25, 0.3) is 0 Å². The van der Waals surface area contributed by atoms with E-state index in [2.05, 4.69) is 20.8 Å². The van der Waals surface area contributed by atoms with Crippen LogP contribution in [0.25, 0.3) is 0 Å². The topological polar surface area (TPSA) is 66.4 Å². The number of hydrazone groups is 1. The molecule has 3 rings (SSSR count). The van der Waals surface area contributed by atoms with Gasteiger partial charge in [0.2, 0.25) is 5.91 Å². The van der Waals surface area contributed by atoms with Crippen LogP contribution in [0.1, 0.15) is 18.4 Å². The third-order valence-electron chi connectivity index (χ3n) is 3.06. The van der Waals surface area contributed by atoms with Crippen molar-refractivity contribution in [3.8, 4) is 0 Å². The van der Waals surface area contributed by atoms with Crippen molar-refractivity contribution in [1.29, 1.82) is 0 Å². The number of nitrogens with one attached hydrogen (secondary N) is 2. The number of halogens is 1. The molecule has 1 aliphatic heterocycles. The molecule has 0 fully saturated rings. The normalized spacial score (nSPS) is 13.7. The quantitative estimate of drug-likeness (QED) is 0.916. The predicted octanol–water partition coefficient (Wildman–Crippen LogP) is 2.86. The molecular weight excluding hydrogens is 288 g/mol. The fourth-order valence-corrected chi connectivity index (χ4v) is 2.01. The van der Waals surface area contributed by atoms with Gasteiger partial charge in [0, 0.05) is 24.7 Å². The fourth-order valence-electron chi connectivity index (χ4n) is 2.01. The Morgan fingerprint density at radius 3 is 2.48 bits per heavy atom. The Balaban J connectivity index is 0.00000161. The Kier molecular flexibility index (Phi) is 4.90. The van der Waals surface area contributed by atoms with E-state index in [1.54, 1.807) is 6.20 Å². The number of carbonyl (C=O) groups excluding carboxylic acids is 1. The van der Waals surface area contributed by atoms with Crippen LogP contribution in [-0.4, -0.2) is 16.6 Å². The van der Waals surface area contributed by atoms with Crippen molar-refractivity contribution in [1.82, 2.24) is 10.4 Å². The lowest BCUT2D eigenvalue weighted by Gasteiger charge is -2.12. The molecule has 0 bridgehead atoms. The maximum absolute atomic E-state index is 11.1. The molecule has 0 spiro atoms. The van der Waals surface area contributed by atoms with Crippen molar-refractivity contribution in [2.45, 2.75) is 12.8 Å². The van der Waals surface area contributed by atoms with Gasteiger partial charge in [-0.15, -0.1) is 12.4 Å². The van der Waals surface area contributed by atoms with E-state index in [9.17, 15) is 4.79 Å². The van der Waals surface area contributed by atoms with Crippen LogP contribution in [0.15, 0.2) is 53.8 Å².